The number of carbonyl (C=O) groups is 1. The van der Waals surface area contributed by atoms with Crippen LogP contribution in [0, 0.1) is 18.8 Å². The zero-order chi connectivity index (χ0) is 25.2. The number of rotatable bonds is 9. The zero-order valence-corrected chi connectivity index (χ0v) is 20.8. The molecule has 0 amide bonds. The van der Waals surface area contributed by atoms with Crippen molar-refractivity contribution >= 4 is 23.1 Å². The molecule has 3 aromatic rings. The first-order valence-corrected chi connectivity index (χ1v) is 11.5. The van der Waals surface area contributed by atoms with Crippen LogP contribution in [0.1, 0.15) is 22.3 Å². The minimum atomic E-state index is -1.02. The lowest BCUT2D eigenvalue weighted by molar-refractivity contribution is -0.139. The Balaban J connectivity index is 1.78. The average Bonchev–Trinajstić information content (AvgIpc) is 2.82. The summed E-state index contributed by atoms with van der Waals surface area (Å²) < 4.78 is 11.2. The van der Waals surface area contributed by atoms with Crippen molar-refractivity contribution in [2.75, 3.05) is 33.9 Å². The molecular formula is C29H28ClNO4. The monoisotopic (exact) mass is 489 g/mol. The van der Waals surface area contributed by atoms with Gasteiger partial charge in [-0.1, -0.05) is 47.7 Å². The minimum absolute atomic E-state index is 0.344. The Hall–Kier alpha value is -3.72. The molecule has 0 aliphatic heterocycles. The molecule has 0 spiro atoms. The maximum Gasteiger partial charge on any atom is 0.341 e. The molecule has 6 heteroatoms. The number of aliphatic carboxylic acids is 1. The Kier molecular flexibility index (Phi) is 9.37. The third-order valence-electron chi connectivity index (χ3n) is 5.01. The fourth-order valence-electron chi connectivity index (χ4n) is 3.30. The fraction of sp³-hybridized carbons (Fsp3) is 0.207. The van der Waals surface area contributed by atoms with Crippen LogP contribution in [0.3, 0.4) is 0 Å². The van der Waals surface area contributed by atoms with Crippen LogP contribution in [-0.2, 0) is 4.79 Å². The van der Waals surface area contributed by atoms with Gasteiger partial charge in [-0.25, -0.2) is 4.79 Å². The number of aryl methyl sites for hydroxylation is 1. The molecule has 0 unspecified atom stereocenters. The predicted octanol–water partition coefficient (Wildman–Crippen LogP) is 5.54. The summed E-state index contributed by atoms with van der Waals surface area (Å²) >= 11 is 6.10. The van der Waals surface area contributed by atoms with Crippen molar-refractivity contribution in [2.24, 2.45) is 0 Å². The largest absolute Gasteiger partial charge is 0.489 e. The Morgan fingerprint density at radius 2 is 1.66 bits per heavy atom. The van der Waals surface area contributed by atoms with Crippen LogP contribution in [-0.4, -0.2) is 49.8 Å². The molecule has 0 atom stereocenters. The van der Waals surface area contributed by atoms with Gasteiger partial charge in [0.25, 0.3) is 0 Å². The summed E-state index contributed by atoms with van der Waals surface area (Å²) in [5.41, 5.74) is 4.85. The van der Waals surface area contributed by atoms with Gasteiger partial charge in [0, 0.05) is 10.6 Å². The van der Waals surface area contributed by atoms with E-state index in [4.69, 9.17) is 26.2 Å². The summed E-state index contributed by atoms with van der Waals surface area (Å²) in [6, 6.07) is 21.2. The summed E-state index contributed by atoms with van der Waals surface area (Å²) in [7, 11) is 3.98. The molecule has 0 heterocycles. The maximum absolute atomic E-state index is 10.7. The molecular weight excluding hydrogens is 462 g/mol. The van der Waals surface area contributed by atoms with Gasteiger partial charge in [0.2, 0.25) is 0 Å². The maximum atomic E-state index is 10.7. The number of ether oxygens (including phenoxy) is 2. The molecule has 180 valence electrons. The number of hydrogen-bond donors (Lipinski definition) is 1. The highest BCUT2D eigenvalue weighted by atomic mass is 35.5. The van der Waals surface area contributed by atoms with Gasteiger partial charge in [0.1, 0.15) is 18.1 Å². The molecule has 0 aliphatic carbocycles. The van der Waals surface area contributed by atoms with Crippen LogP contribution >= 0.6 is 11.6 Å². The van der Waals surface area contributed by atoms with E-state index in [-0.39, 0.29) is 6.61 Å². The fourth-order valence-corrected chi connectivity index (χ4v) is 3.42. The van der Waals surface area contributed by atoms with Crippen LogP contribution in [0.25, 0.3) is 5.57 Å². The average molecular weight is 490 g/mol. The highest BCUT2D eigenvalue weighted by Crippen LogP contribution is 2.27. The summed E-state index contributed by atoms with van der Waals surface area (Å²) in [4.78, 5) is 12.8. The van der Waals surface area contributed by atoms with Gasteiger partial charge in [-0.05, 0) is 91.8 Å². The van der Waals surface area contributed by atoms with Crippen molar-refractivity contribution in [3.8, 4) is 23.3 Å². The molecule has 0 radical (unpaired) electrons. The molecule has 0 saturated carbocycles. The number of carboxylic acid groups (broad SMARTS) is 1. The number of carboxylic acids is 1. The normalized spacial score (nSPS) is 11.1. The van der Waals surface area contributed by atoms with E-state index in [1.165, 1.54) is 0 Å². The molecule has 0 aliphatic rings. The van der Waals surface area contributed by atoms with E-state index in [1.807, 2.05) is 74.5 Å². The van der Waals surface area contributed by atoms with Gasteiger partial charge in [-0.3, -0.25) is 4.90 Å². The van der Waals surface area contributed by atoms with E-state index in [0.29, 0.717) is 29.7 Å². The minimum Gasteiger partial charge on any atom is -0.489 e. The second kappa shape index (κ2) is 12.7. The third-order valence-corrected chi connectivity index (χ3v) is 5.27. The third kappa shape index (κ3) is 8.22. The predicted molar refractivity (Wildman–Crippen MR) is 140 cm³/mol. The van der Waals surface area contributed by atoms with Crippen molar-refractivity contribution in [2.45, 2.75) is 6.92 Å². The van der Waals surface area contributed by atoms with Crippen molar-refractivity contribution in [3.63, 3.8) is 0 Å². The molecule has 1 N–H and O–H groups in total. The van der Waals surface area contributed by atoms with Crippen LogP contribution in [0.2, 0.25) is 5.02 Å². The summed E-state index contributed by atoms with van der Waals surface area (Å²) in [6.45, 7) is 2.52. The number of halogens is 1. The lowest BCUT2D eigenvalue weighted by Gasteiger charge is -2.12. The number of benzene rings is 3. The molecule has 0 aromatic heterocycles. The van der Waals surface area contributed by atoms with E-state index in [2.05, 4.69) is 24.0 Å². The number of hydrogen-bond acceptors (Lipinski definition) is 4. The molecule has 5 nitrogen and oxygen atoms in total. The van der Waals surface area contributed by atoms with Crippen LogP contribution in [0.15, 0.2) is 72.8 Å². The first-order valence-electron chi connectivity index (χ1n) is 11.1. The van der Waals surface area contributed by atoms with Gasteiger partial charge in [0.05, 0.1) is 6.54 Å². The highest BCUT2D eigenvalue weighted by molar-refractivity contribution is 6.30. The molecule has 35 heavy (non-hydrogen) atoms. The van der Waals surface area contributed by atoms with Gasteiger partial charge in [-0.2, -0.15) is 0 Å². The van der Waals surface area contributed by atoms with Gasteiger partial charge < -0.3 is 14.6 Å². The Bertz CT molecular complexity index is 1240. The quantitative estimate of drug-likeness (QED) is 0.400. The van der Waals surface area contributed by atoms with Crippen LogP contribution in [0.4, 0.5) is 0 Å². The van der Waals surface area contributed by atoms with Crippen molar-refractivity contribution in [1.82, 2.24) is 4.90 Å². The van der Waals surface area contributed by atoms with E-state index in [1.54, 1.807) is 12.1 Å². The summed E-state index contributed by atoms with van der Waals surface area (Å²) in [6.07, 6.45) is 2.03. The topological polar surface area (TPSA) is 59.0 Å². The first kappa shape index (κ1) is 25.9. The van der Waals surface area contributed by atoms with E-state index >= 15 is 0 Å². The second-order valence-corrected chi connectivity index (χ2v) is 8.60. The number of nitrogens with zero attached hydrogens (tertiary/aromatic N) is 1. The summed E-state index contributed by atoms with van der Waals surface area (Å²) in [5.74, 6) is 6.51. The van der Waals surface area contributed by atoms with Crippen LogP contribution in [0.5, 0.6) is 11.5 Å². The van der Waals surface area contributed by atoms with E-state index in [0.717, 1.165) is 27.8 Å². The lowest BCUT2D eigenvalue weighted by atomic mass is 9.97. The van der Waals surface area contributed by atoms with Gasteiger partial charge >= 0.3 is 5.97 Å². The van der Waals surface area contributed by atoms with Gasteiger partial charge in [-0.15, -0.1) is 0 Å². The SMILES string of the molecule is Cc1cc(OC/C=C(/c2ccc(Cl)cc2)c2ccc(C#CCN(C)C)cc2)ccc1OCC(=O)O. The Morgan fingerprint density at radius 3 is 2.26 bits per heavy atom. The van der Waals surface area contributed by atoms with E-state index < -0.39 is 5.97 Å². The molecule has 0 fully saturated rings. The molecule has 0 saturated heterocycles. The van der Waals surface area contributed by atoms with Gasteiger partial charge in [0.15, 0.2) is 6.61 Å². The Morgan fingerprint density at radius 1 is 1.00 bits per heavy atom. The Labute approximate surface area is 211 Å². The lowest BCUT2D eigenvalue weighted by Crippen LogP contribution is -2.10. The van der Waals surface area contributed by atoms with Crippen molar-refractivity contribution in [1.29, 1.82) is 0 Å². The zero-order valence-electron chi connectivity index (χ0n) is 20.0. The van der Waals surface area contributed by atoms with E-state index in [9.17, 15) is 4.79 Å². The van der Waals surface area contributed by atoms with Crippen molar-refractivity contribution in [3.05, 3.63) is 100 Å². The molecule has 3 aromatic carbocycles. The van der Waals surface area contributed by atoms with Crippen LogP contribution < -0.4 is 9.47 Å². The smallest absolute Gasteiger partial charge is 0.341 e. The summed E-state index contributed by atoms with van der Waals surface area (Å²) in [5, 5.41) is 9.47. The standard InChI is InChI=1S/C29H28ClNO4/c1-21-19-26(14-15-28(21)35-20-29(32)33)34-18-16-27(24-10-12-25(30)13-11-24)23-8-6-22(7-9-23)5-4-17-31(2)3/h6-16,19H,17-18,20H2,1-3H3,(H,32,33)/b27-16+. The molecule has 3 rings (SSSR count). The molecule has 0 bridgehead atoms. The van der Waals surface area contributed by atoms with Crippen molar-refractivity contribution < 1.29 is 19.4 Å². The highest BCUT2D eigenvalue weighted by Gasteiger charge is 2.07. The first-order chi connectivity index (χ1) is 16.8. The second-order valence-electron chi connectivity index (χ2n) is 8.16.